The van der Waals surface area contributed by atoms with Gasteiger partial charge in [0, 0.05) is 12.8 Å². The summed E-state index contributed by atoms with van der Waals surface area (Å²) in [6.07, 6.45) is 52.5. The Labute approximate surface area is 366 Å². The molecule has 0 aliphatic heterocycles. The van der Waals surface area contributed by atoms with Gasteiger partial charge < -0.3 is 24.4 Å². The number of hydrogen-bond acceptors (Lipinski definition) is 7. The minimum atomic E-state index is -4.79. The molecular formula is C50H87O9P. The molecule has 0 aliphatic rings. The van der Waals surface area contributed by atoms with Crippen molar-refractivity contribution in [2.45, 2.75) is 213 Å². The number of aliphatic hydroxyl groups is 1. The quantitative estimate of drug-likeness (QED) is 0.0180. The van der Waals surface area contributed by atoms with Gasteiger partial charge in [0.2, 0.25) is 0 Å². The molecule has 0 aromatic heterocycles. The van der Waals surface area contributed by atoms with Crippen molar-refractivity contribution in [3.63, 3.8) is 0 Å². The van der Waals surface area contributed by atoms with Crippen molar-refractivity contribution in [2.24, 2.45) is 5.92 Å². The summed E-state index contributed by atoms with van der Waals surface area (Å²) in [5.74, 6) is -0.107. The van der Waals surface area contributed by atoms with Gasteiger partial charge in [0.05, 0.1) is 12.7 Å². The number of allylic oxidation sites excluding steroid dienone is 10. The molecule has 10 heteroatoms. The van der Waals surface area contributed by atoms with E-state index in [0.717, 1.165) is 50.9 Å². The first-order valence-corrected chi connectivity index (χ1v) is 25.3. The summed E-state index contributed by atoms with van der Waals surface area (Å²) in [6, 6.07) is 0. The smallest absolute Gasteiger partial charge is 0.462 e. The van der Waals surface area contributed by atoms with Crippen LogP contribution in [-0.2, 0) is 28.2 Å². The second-order valence-electron chi connectivity index (χ2n) is 16.2. The lowest BCUT2D eigenvalue weighted by Crippen LogP contribution is -2.29. The minimum absolute atomic E-state index is 0.0694. The highest BCUT2D eigenvalue weighted by molar-refractivity contribution is 7.46. The van der Waals surface area contributed by atoms with E-state index in [2.05, 4.69) is 43.5 Å². The van der Waals surface area contributed by atoms with E-state index in [4.69, 9.17) is 19.3 Å². The van der Waals surface area contributed by atoms with Crippen LogP contribution in [0.15, 0.2) is 72.9 Å². The molecule has 0 aromatic carbocycles. The van der Waals surface area contributed by atoms with Gasteiger partial charge in [0.1, 0.15) is 6.61 Å². The van der Waals surface area contributed by atoms with E-state index in [1.54, 1.807) is 6.08 Å². The standard InChI is InChI=1S/C50H87O9P/c1-4-6-34-40-47(51)41-36-31-27-23-19-15-13-17-21-25-29-33-38-43-50(53)59-48(45-58-60(54,55)56)44-57-49(52)42-37-32-28-24-20-16-12-10-8-7-9-11-14-18-22-26-30-35-39-46(3)5-2/h6,15,17,19,21,27,29,31,33-34,36,41,46-48,51H,4-5,7-14,16,18,20,22-26,28,30,32,35,37-40,42-45H2,1-3H3,(H2,54,55,56)/b19-15-,21-17-,31-27+,33-29-,34-6-,41-36+/t46?,47?,48-/m1/s1. The molecule has 9 nitrogen and oxygen atoms in total. The van der Waals surface area contributed by atoms with Crippen LogP contribution in [0.25, 0.3) is 0 Å². The third-order valence-corrected chi connectivity index (χ3v) is 10.9. The molecule has 0 spiro atoms. The maximum Gasteiger partial charge on any atom is 0.469 e. The average molecular weight is 863 g/mol. The fourth-order valence-electron chi connectivity index (χ4n) is 6.46. The molecule has 0 saturated carbocycles. The highest BCUT2D eigenvalue weighted by Gasteiger charge is 2.22. The van der Waals surface area contributed by atoms with E-state index in [-0.39, 0.29) is 19.4 Å². The molecule has 60 heavy (non-hydrogen) atoms. The molecule has 0 aliphatic carbocycles. The van der Waals surface area contributed by atoms with Gasteiger partial charge in [-0.25, -0.2) is 4.57 Å². The van der Waals surface area contributed by atoms with Crippen LogP contribution in [0.5, 0.6) is 0 Å². The van der Waals surface area contributed by atoms with Gasteiger partial charge in [-0.1, -0.05) is 216 Å². The van der Waals surface area contributed by atoms with Crippen molar-refractivity contribution in [3.05, 3.63) is 72.9 Å². The highest BCUT2D eigenvalue weighted by atomic mass is 31.2. The third kappa shape index (κ3) is 45.0. The first kappa shape index (κ1) is 57.4. The molecule has 0 bridgehead atoms. The van der Waals surface area contributed by atoms with Gasteiger partial charge in [-0.15, -0.1) is 0 Å². The van der Waals surface area contributed by atoms with E-state index < -0.39 is 38.6 Å². The molecule has 0 heterocycles. The summed E-state index contributed by atoms with van der Waals surface area (Å²) >= 11 is 0. The zero-order chi connectivity index (χ0) is 44.2. The van der Waals surface area contributed by atoms with Crippen molar-refractivity contribution < 1.29 is 43.0 Å². The van der Waals surface area contributed by atoms with Crippen molar-refractivity contribution >= 4 is 19.8 Å². The van der Waals surface area contributed by atoms with Gasteiger partial charge >= 0.3 is 19.8 Å². The van der Waals surface area contributed by atoms with Crippen LogP contribution in [0.3, 0.4) is 0 Å². The van der Waals surface area contributed by atoms with Crippen molar-refractivity contribution in [2.75, 3.05) is 13.2 Å². The molecule has 3 N–H and O–H groups in total. The molecule has 0 amide bonds. The SMILES string of the molecule is CC/C=C\CC(O)/C=C/C=C/C/C=C\C/C=C\C/C=C\CCC(=O)O[C@H](COC(=O)CCCCCCCCCCCCCCCCCCCCC(C)CC)COP(=O)(O)O. The van der Waals surface area contributed by atoms with Crippen LogP contribution in [0.1, 0.15) is 201 Å². The summed E-state index contributed by atoms with van der Waals surface area (Å²) < 4.78 is 26.4. The Morgan fingerprint density at radius 1 is 0.583 bits per heavy atom. The molecule has 0 saturated heterocycles. The van der Waals surface area contributed by atoms with Crippen LogP contribution < -0.4 is 0 Å². The van der Waals surface area contributed by atoms with Crippen LogP contribution in [0, 0.1) is 5.92 Å². The summed E-state index contributed by atoms with van der Waals surface area (Å²) in [5.41, 5.74) is 0. The van der Waals surface area contributed by atoms with Crippen molar-refractivity contribution in [3.8, 4) is 0 Å². The predicted octanol–water partition coefficient (Wildman–Crippen LogP) is 13.8. The Morgan fingerprint density at radius 3 is 1.60 bits per heavy atom. The zero-order valence-electron chi connectivity index (χ0n) is 38.1. The zero-order valence-corrected chi connectivity index (χ0v) is 39.0. The van der Waals surface area contributed by atoms with Crippen LogP contribution in [-0.4, -0.2) is 52.3 Å². The van der Waals surface area contributed by atoms with Crippen LogP contribution in [0.4, 0.5) is 0 Å². The Kier molecular flexibility index (Phi) is 41.3. The number of ether oxygens (including phenoxy) is 2. The first-order valence-electron chi connectivity index (χ1n) is 23.7. The van der Waals surface area contributed by atoms with Gasteiger partial charge in [0.25, 0.3) is 0 Å². The summed E-state index contributed by atoms with van der Waals surface area (Å²) in [5, 5.41) is 9.83. The largest absolute Gasteiger partial charge is 0.469 e. The monoisotopic (exact) mass is 863 g/mol. The lowest BCUT2D eigenvalue weighted by molar-refractivity contribution is -0.161. The Balaban J connectivity index is 3.99. The molecule has 2 unspecified atom stereocenters. The normalized spacial score (nSPS) is 14.2. The number of aliphatic hydroxyl groups excluding tert-OH is 1. The van der Waals surface area contributed by atoms with E-state index in [1.807, 2.05) is 48.6 Å². The molecular weight excluding hydrogens is 776 g/mol. The number of carbonyl (C=O) groups is 2. The average Bonchev–Trinajstić information content (AvgIpc) is 3.22. The minimum Gasteiger partial charge on any atom is -0.462 e. The van der Waals surface area contributed by atoms with E-state index in [9.17, 15) is 19.3 Å². The van der Waals surface area contributed by atoms with E-state index in [0.29, 0.717) is 19.3 Å². The second-order valence-corrected chi connectivity index (χ2v) is 17.4. The highest BCUT2D eigenvalue weighted by Crippen LogP contribution is 2.36. The summed E-state index contributed by atoms with van der Waals surface area (Å²) in [6.45, 7) is 5.82. The third-order valence-electron chi connectivity index (χ3n) is 10.4. The lowest BCUT2D eigenvalue weighted by atomic mass is 9.99. The van der Waals surface area contributed by atoms with Gasteiger partial charge in [-0.3, -0.25) is 14.1 Å². The number of unbranched alkanes of at least 4 members (excludes halogenated alkanes) is 17. The maximum absolute atomic E-state index is 12.4. The molecule has 0 fully saturated rings. The predicted molar refractivity (Wildman–Crippen MR) is 249 cm³/mol. The number of hydrogen-bond donors (Lipinski definition) is 3. The van der Waals surface area contributed by atoms with Gasteiger partial charge in [-0.2, -0.15) is 0 Å². The first-order chi connectivity index (χ1) is 29.1. The van der Waals surface area contributed by atoms with E-state index in [1.165, 1.54) is 103 Å². The second kappa shape index (κ2) is 43.1. The number of phosphoric acid groups is 1. The summed E-state index contributed by atoms with van der Waals surface area (Å²) in [7, 11) is -4.79. The fourth-order valence-corrected chi connectivity index (χ4v) is 6.82. The van der Waals surface area contributed by atoms with E-state index >= 15 is 0 Å². The Hall–Kier alpha value is -2.55. The maximum atomic E-state index is 12.4. The number of phosphoric ester groups is 1. The lowest BCUT2D eigenvalue weighted by Gasteiger charge is -2.18. The fraction of sp³-hybridized carbons (Fsp3) is 0.720. The number of rotatable bonds is 42. The van der Waals surface area contributed by atoms with Crippen LogP contribution in [0.2, 0.25) is 0 Å². The molecule has 0 aromatic rings. The van der Waals surface area contributed by atoms with Crippen LogP contribution >= 0.6 is 7.82 Å². The van der Waals surface area contributed by atoms with Crippen molar-refractivity contribution in [1.82, 2.24) is 0 Å². The Morgan fingerprint density at radius 2 is 1.08 bits per heavy atom. The number of carbonyl (C=O) groups excluding carboxylic acids is 2. The molecule has 3 atom stereocenters. The molecule has 346 valence electrons. The summed E-state index contributed by atoms with van der Waals surface area (Å²) in [4.78, 5) is 43.0. The van der Waals surface area contributed by atoms with Crippen molar-refractivity contribution in [1.29, 1.82) is 0 Å². The topological polar surface area (TPSA) is 140 Å². The molecule has 0 radical (unpaired) electrons. The Bertz CT molecular complexity index is 1230. The molecule has 0 rings (SSSR count). The van der Waals surface area contributed by atoms with Gasteiger partial charge in [-0.05, 0) is 50.9 Å². The van der Waals surface area contributed by atoms with Gasteiger partial charge in [0.15, 0.2) is 6.10 Å². The number of esters is 2.